The second-order valence-corrected chi connectivity index (χ2v) is 9.36. The molecule has 0 unspecified atom stereocenters. The number of amides is 1. The molecule has 0 radical (unpaired) electrons. The third-order valence-electron chi connectivity index (χ3n) is 5.75. The van der Waals surface area contributed by atoms with Gasteiger partial charge >= 0.3 is 0 Å². The number of carbonyl (C=O) groups excluding carboxylic acids is 1. The standard InChI is InChI=1S/C18H23N3O3S/c1-25(23,24)18-20-16(15-4-2-3-9-21(15)18)17(22)19-8-7-14-11-12-5-6-13(14)10-12/h2-4,9,12-14H,5-8,10-11H2,1H3,(H,19,22)/t12-,13-,14-/m0/s1. The number of imidazole rings is 1. The number of hydrogen-bond acceptors (Lipinski definition) is 4. The maximum absolute atomic E-state index is 12.6. The Morgan fingerprint density at radius 1 is 1.32 bits per heavy atom. The lowest BCUT2D eigenvalue weighted by molar-refractivity contribution is 0.0946. The Morgan fingerprint density at radius 2 is 2.16 bits per heavy atom. The summed E-state index contributed by atoms with van der Waals surface area (Å²) in [7, 11) is -3.51. The van der Waals surface area contributed by atoms with Gasteiger partial charge in [-0.3, -0.25) is 9.20 Å². The molecule has 0 aromatic carbocycles. The molecule has 2 aromatic rings. The summed E-state index contributed by atoms with van der Waals surface area (Å²) in [5.41, 5.74) is 0.689. The summed E-state index contributed by atoms with van der Waals surface area (Å²) in [5, 5.41) is 2.84. The van der Waals surface area contributed by atoms with Crippen LogP contribution in [0.3, 0.4) is 0 Å². The molecule has 0 saturated heterocycles. The molecule has 4 rings (SSSR count). The number of sulfone groups is 1. The van der Waals surface area contributed by atoms with Gasteiger partial charge in [0.1, 0.15) is 0 Å². The van der Waals surface area contributed by atoms with Crippen LogP contribution in [0.15, 0.2) is 29.6 Å². The quantitative estimate of drug-likeness (QED) is 0.886. The van der Waals surface area contributed by atoms with Crippen molar-refractivity contribution in [2.45, 2.75) is 37.3 Å². The largest absolute Gasteiger partial charge is 0.351 e. The fourth-order valence-electron chi connectivity index (χ4n) is 4.62. The van der Waals surface area contributed by atoms with Crippen molar-refractivity contribution in [3.8, 4) is 0 Å². The van der Waals surface area contributed by atoms with E-state index >= 15 is 0 Å². The zero-order valence-electron chi connectivity index (χ0n) is 14.3. The molecule has 2 fully saturated rings. The van der Waals surface area contributed by atoms with Crippen molar-refractivity contribution in [1.82, 2.24) is 14.7 Å². The number of carbonyl (C=O) groups is 1. The van der Waals surface area contributed by atoms with Gasteiger partial charge in [0.25, 0.3) is 5.91 Å². The topological polar surface area (TPSA) is 80.5 Å². The van der Waals surface area contributed by atoms with Crippen molar-refractivity contribution in [3.05, 3.63) is 30.1 Å². The first-order chi connectivity index (χ1) is 11.9. The van der Waals surface area contributed by atoms with Crippen LogP contribution in [-0.4, -0.2) is 36.5 Å². The number of aromatic nitrogens is 2. The van der Waals surface area contributed by atoms with E-state index in [0.717, 1.165) is 30.4 Å². The summed E-state index contributed by atoms with van der Waals surface area (Å²) < 4.78 is 25.3. The summed E-state index contributed by atoms with van der Waals surface area (Å²) in [6.07, 6.45) is 9.09. The van der Waals surface area contributed by atoms with Gasteiger partial charge < -0.3 is 5.32 Å². The number of nitrogens with zero attached hydrogens (tertiary/aromatic N) is 2. The molecule has 134 valence electrons. The second kappa shape index (κ2) is 6.12. The van der Waals surface area contributed by atoms with Crippen molar-refractivity contribution < 1.29 is 13.2 Å². The van der Waals surface area contributed by atoms with Crippen LogP contribution in [0.2, 0.25) is 0 Å². The van der Waals surface area contributed by atoms with Gasteiger partial charge in [0.05, 0.1) is 5.52 Å². The van der Waals surface area contributed by atoms with Gasteiger partial charge in [-0.05, 0) is 55.6 Å². The Bertz CT molecular complexity index is 919. The van der Waals surface area contributed by atoms with Crippen LogP contribution in [0.25, 0.3) is 5.52 Å². The molecule has 25 heavy (non-hydrogen) atoms. The molecule has 0 aliphatic heterocycles. The van der Waals surface area contributed by atoms with E-state index < -0.39 is 9.84 Å². The third-order valence-corrected chi connectivity index (χ3v) is 6.70. The van der Waals surface area contributed by atoms with E-state index in [9.17, 15) is 13.2 Å². The van der Waals surface area contributed by atoms with E-state index in [-0.39, 0.29) is 16.8 Å². The van der Waals surface area contributed by atoms with Gasteiger partial charge in [-0.2, -0.15) is 0 Å². The molecule has 2 heterocycles. The predicted octanol–water partition coefficient (Wildman–Crippen LogP) is 2.29. The van der Waals surface area contributed by atoms with Crippen molar-refractivity contribution in [2.75, 3.05) is 12.8 Å². The van der Waals surface area contributed by atoms with Gasteiger partial charge in [0.2, 0.25) is 15.0 Å². The van der Waals surface area contributed by atoms with Gasteiger partial charge in [0.15, 0.2) is 5.69 Å². The maximum Gasteiger partial charge on any atom is 0.272 e. The lowest BCUT2D eigenvalue weighted by Crippen LogP contribution is -2.27. The number of rotatable bonds is 5. The smallest absolute Gasteiger partial charge is 0.272 e. The van der Waals surface area contributed by atoms with E-state index in [1.807, 2.05) is 0 Å². The number of nitrogens with one attached hydrogen (secondary N) is 1. The van der Waals surface area contributed by atoms with Crippen molar-refractivity contribution in [3.63, 3.8) is 0 Å². The first kappa shape index (κ1) is 16.6. The van der Waals surface area contributed by atoms with E-state index in [1.165, 1.54) is 30.1 Å². The molecule has 7 heteroatoms. The molecular weight excluding hydrogens is 338 g/mol. The number of fused-ring (bicyclic) bond motifs is 3. The van der Waals surface area contributed by atoms with Crippen LogP contribution in [0, 0.1) is 17.8 Å². The zero-order chi connectivity index (χ0) is 17.6. The van der Waals surface area contributed by atoms with Crippen molar-refractivity contribution >= 4 is 21.3 Å². The average Bonchev–Trinajstić information content (AvgIpc) is 3.27. The van der Waals surface area contributed by atoms with Gasteiger partial charge in [-0.15, -0.1) is 0 Å². The van der Waals surface area contributed by atoms with E-state index in [1.54, 1.807) is 24.4 Å². The monoisotopic (exact) mass is 361 g/mol. The minimum absolute atomic E-state index is 0.0960. The molecule has 2 aliphatic carbocycles. The highest BCUT2D eigenvalue weighted by Gasteiger charge is 2.38. The molecule has 3 atom stereocenters. The minimum Gasteiger partial charge on any atom is -0.351 e. The first-order valence-electron chi connectivity index (χ1n) is 8.89. The summed E-state index contributed by atoms with van der Waals surface area (Å²) in [5.74, 6) is 2.17. The molecule has 2 aliphatic rings. The van der Waals surface area contributed by atoms with Gasteiger partial charge in [-0.25, -0.2) is 13.4 Å². The SMILES string of the molecule is CS(=O)(=O)c1nc(C(=O)NCC[C@H]2C[C@H]3CC[C@H]2C3)c2ccccn12. The summed E-state index contributed by atoms with van der Waals surface area (Å²) in [6, 6.07) is 5.21. The van der Waals surface area contributed by atoms with Crippen LogP contribution in [-0.2, 0) is 9.84 Å². The summed E-state index contributed by atoms with van der Waals surface area (Å²) >= 11 is 0. The molecule has 2 bridgehead atoms. The van der Waals surface area contributed by atoms with Crippen molar-refractivity contribution in [2.24, 2.45) is 17.8 Å². The van der Waals surface area contributed by atoms with E-state index in [4.69, 9.17) is 0 Å². The highest BCUT2D eigenvalue weighted by Crippen LogP contribution is 2.49. The lowest BCUT2D eigenvalue weighted by Gasteiger charge is -2.21. The Balaban J connectivity index is 1.48. The molecule has 2 saturated carbocycles. The minimum atomic E-state index is -3.51. The number of pyridine rings is 1. The maximum atomic E-state index is 12.6. The third kappa shape index (κ3) is 3.05. The van der Waals surface area contributed by atoms with Crippen molar-refractivity contribution in [1.29, 1.82) is 0 Å². The number of hydrogen-bond donors (Lipinski definition) is 1. The second-order valence-electron chi connectivity index (χ2n) is 7.45. The Morgan fingerprint density at radius 3 is 2.84 bits per heavy atom. The highest BCUT2D eigenvalue weighted by molar-refractivity contribution is 7.90. The average molecular weight is 361 g/mol. The molecule has 1 amide bonds. The van der Waals surface area contributed by atoms with Crippen LogP contribution in [0.5, 0.6) is 0 Å². The highest BCUT2D eigenvalue weighted by atomic mass is 32.2. The Hall–Kier alpha value is -1.89. The van der Waals surface area contributed by atoms with Gasteiger partial charge in [-0.1, -0.05) is 12.5 Å². The van der Waals surface area contributed by atoms with Crippen LogP contribution in [0.4, 0.5) is 0 Å². The Kier molecular flexibility index (Phi) is 4.06. The molecule has 6 nitrogen and oxygen atoms in total. The lowest BCUT2D eigenvalue weighted by atomic mass is 9.86. The summed E-state index contributed by atoms with van der Waals surface area (Å²) in [6.45, 7) is 0.618. The van der Waals surface area contributed by atoms with Crippen LogP contribution >= 0.6 is 0 Å². The van der Waals surface area contributed by atoms with Crippen LogP contribution in [0.1, 0.15) is 42.6 Å². The molecule has 0 spiro atoms. The van der Waals surface area contributed by atoms with Gasteiger partial charge in [0, 0.05) is 19.0 Å². The zero-order valence-corrected chi connectivity index (χ0v) is 15.1. The molecular formula is C18H23N3O3S. The molecule has 2 aromatic heterocycles. The molecule has 1 N–H and O–H groups in total. The first-order valence-corrected chi connectivity index (χ1v) is 10.8. The fourth-order valence-corrected chi connectivity index (χ4v) is 5.40. The predicted molar refractivity (Wildman–Crippen MR) is 94.2 cm³/mol. The fraction of sp³-hybridized carbons (Fsp3) is 0.556. The van der Waals surface area contributed by atoms with E-state index in [2.05, 4.69) is 10.3 Å². The summed E-state index contributed by atoms with van der Waals surface area (Å²) in [4.78, 5) is 16.7. The Labute approximate surface area is 147 Å². The normalized spacial score (nSPS) is 25.6. The van der Waals surface area contributed by atoms with E-state index in [0.29, 0.717) is 12.1 Å². The van der Waals surface area contributed by atoms with Crippen LogP contribution < -0.4 is 5.32 Å².